The number of hydrogen-bond acceptors (Lipinski definition) is 15. The normalized spacial score (nSPS) is 32.1. The van der Waals surface area contributed by atoms with Crippen LogP contribution in [0.4, 0.5) is 11.8 Å². The molecule has 9 atom stereocenters. The standard InChI is InChI=1S/C15H23N5O5.C15H21N5O5/c2*1-6-8(5-21)25-13(10(6)22)20-11-9(12(23)18-14(16)17-11)19(15(20)24)4-7-2-3-7/h6-8,10,12-13,21-23H,2-5H2,1H3,(H3,16,17,18);6-8,10,13,21-22H,2-5H2,1H3,(H3,16,17,18,23)/t6-,8+,10+,12?,13+;6-,8+,10+,13+/m00/s1. The first-order valence-corrected chi connectivity index (χ1v) is 16.9. The number of aromatic amines is 1. The van der Waals surface area contributed by atoms with Crippen molar-refractivity contribution in [3.8, 4) is 0 Å². The van der Waals surface area contributed by atoms with Gasteiger partial charge in [-0.1, -0.05) is 13.8 Å². The van der Waals surface area contributed by atoms with E-state index in [9.17, 15) is 39.9 Å². The Kier molecular flexibility index (Phi) is 8.90. The number of aliphatic hydroxyl groups excluding tert-OH is 5. The number of hydrogen-bond donors (Lipinski definition) is 9. The highest BCUT2D eigenvalue weighted by atomic mass is 16.6. The largest absolute Gasteiger partial charge is 0.394 e. The van der Waals surface area contributed by atoms with Crippen LogP contribution in [0.25, 0.3) is 11.2 Å². The minimum atomic E-state index is -1.26. The van der Waals surface area contributed by atoms with Gasteiger partial charge in [0.15, 0.2) is 35.8 Å². The second-order valence-electron chi connectivity index (χ2n) is 14.0. The summed E-state index contributed by atoms with van der Waals surface area (Å²) in [6.45, 7) is 3.84. The highest BCUT2D eigenvalue weighted by molar-refractivity contribution is 5.93. The quantitative estimate of drug-likeness (QED) is 0.117. The van der Waals surface area contributed by atoms with Crippen molar-refractivity contribution in [2.75, 3.05) is 24.3 Å². The Morgan fingerprint density at radius 3 is 1.86 bits per heavy atom. The SMILES string of the molecule is C[C@@H]1[C@@H](O)[C@H](n2c(=O)n(CC3CC3)c3c(=O)[nH]c(N)nc32)O[C@@H]1CO.C[C@@H]1[C@@H](O)[C@H](n2c3c(n(CC4CC4)c2=O)C(O)N=C(N)N3)O[C@@H]1CO. The van der Waals surface area contributed by atoms with Crippen molar-refractivity contribution in [1.29, 1.82) is 0 Å². The van der Waals surface area contributed by atoms with Gasteiger partial charge in [-0.3, -0.25) is 18.9 Å². The summed E-state index contributed by atoms with van der Waals surface area (Å²) in [6.07, 6.45) is -2.35. The number of fused-ring (bicyclic) bond motifs is 2. The van der Waals surface area contributed by atoms with Crippen LogP contribution in [0.1, 0.15) is 63.9 Å². The van der Waals surface area contributed by atoms with Gasteiger partial charge in [-0.05, 0) is 37.5 Å². The molecule has 11 N–H and O–H groups in total. The summed E-state index contributed by atoms with van der Waals surface area (Å²) in [5, 5.41) is 53.0. The third-order valence-electron chi connectivity index (χ3n) is 10.4. The zero-order chi connectivity index (χ0) is 35.8. The lowest BCUT2D eigenvalue weighted by Gasteiger charge is -2.22. The number of nitrogens with zero attached hydrogens (tertiary/aromatic N) is 6. The summed E-state index contributed by atoms with van der Waals surface area (Å²) in [5.41, 5.74) is 10.5. The molecule has 0 spiro atoms. The monoisotopic (exact) mass is 704 g/mol. The number of aliphatic hydroxyl groups is 5. The Morgan fingerprint density at radius 2 is 1.34 bits per heavy atom. The van der Waals surface area contributed by atoms with Crippen LogP contribution in [0.5, 0.6) is 0 Å². The minimum absolute atomic E-state index is 0.0171. The van der Waals surface area contributed by atoms with Gasteiger partial charge in [0, 0.05) is 24.9 Å². The lowest BCUT2D eigenvalue weighted by Crippen LogP contribution is -2.35. The molecule has 0 radical (unpaired) electrons. The van der Waals surface area contributed by atoms with E-state index >= 15 is 0 Å². The highest BCUT2D eigenvalue weighted by Gasteiger charge is 2.46. The van der Waals surface area contributed by atoms with Crippen LogP contribution in [-0.2, 0) is 22.6 Å². The molecule has 8 rings (SSSR count). The van der Waals surface area contributed by atoms with Gasteiger partial charge in [0.2, 0.25) is 5.95 Å². The number of ether oxygens (including phenoxy) is 2. The molecular formula is C30H44N10O10. The topological polar surface area (TPSA) is 296 Å². The van der Waals surface area contributed by atoms with Crippen LogP contribution in [0.3, 0.4) is 0 Å². The van der Waals surface area contributed by atoms with Gasteiger partial charge in [0.25, 0.3) is 5.56 Å². The number of rotatable bonds is 8. The first-order valence-electron chi connectivity index (χ1n) is 16.9. The Bertz CT molecular complexity index is 1970. The molecule has 2 saturated carbocycles. The average molecular weight is 705 g/mol. The fourth-order valence-corrected chi connectivity index (χ4v) is 7.01. The number of nitrogens with two attached hydrogens (primary N) is 2. The molecule has 3 aromatic rings. The van der Waals surface area contributed by atoms with E-state index in [-0.39, 0.29) is 53.9 Å². The van der Waals surface area contributed by atoms with Crippen LogP contribution in [0.2, 0.25) is 0 Å². The fraction of sp³-hybridized carbons (Fsp3) is 0.700. The molecule has 2 aliphatic carbocycles. The Labute approximate surface area is 283 Å². The third kappa shape index (κ3) is 5.83. The maximum Gasteiger partial charge on any atom is 0.332 e. The van der Waals surface area contributed by atoms with Crippen LogP contribution < -0.4 is 33.7 Å². The van der Waals surface area contributed by atoms with E-state index in [4.69, 9.17) is 20.9 Å². The predicted molar refractivity (Wildman–Crippen MR) is 176 cm³/mol. The molecule has 274 valence electrons. The molecule has 3 aromatic heterocycles. The summed E-state index contributed by atoms with van der Waals surface area (Å²) in [5.74, 6) is 0.178. The molecule has 50 heavy (non-hydrogen) atoms. The van der Waals surface area contributed by atoms with Crippen LogP contribution in [-0.4, -0.2) is 97.4 Å². The first-order chi connectivity index (χ1) is 23.8. The molecule has 20 heteroatoms. The number of aliphatic imine (C=N–C) groups is 1. The van der Waals surface area contributed by atoms with Gasteiger partial charge in [0.1, 0.15) is 23.7 Å². The molecule has 6 heterocycles. The lowest BCUT2D eigenvalue weighted by atomic mass is 10.0. The highest BCUT2D eigenvalue weighted by Crippen LogP contribution is 2.39. The second kappa shape index (κ2) is 12.9. The van der Waals surface area contributed by atoms with E-state index < -0.39 is 60.0 Å². The number of aromatic nitrogens is 6. The molecule has 5 aliphatic rings. The Balaban J connectivity index is 0.000000157. The maximum absolute atomic E-state index is 13.0. The zero-order valence-electron chi connectivity index (χ0n) is 27.6. The van der Waals surface area contributed by atoms with Crippen molar-refractivity contribution in [2.45, 2.75) is 95.7 Å². The predicted octanol–water partition coefficient (Wildman–Crippen LogP) is -2.56. The van der Waals surface area contributed by atoms with E-state index in [2.05, 4.69) is 20.3 Å². The van der Waals surface area contributed by atoms with Gasteiger partial charge in [0.05, 0.1) is 25.4 Å². The van der Waals surface area contributed by atoms with Gasteiger partial charge in [-0.15, -0.1) is 0 Å². The van der Waals surface area contributed by atoms with Gasteiger partial charge in [-0.25, -0.2) is 23.7 Å². The smallest absolute Gasteiger partial charge is 0.332 e. The number of H-pyrrole nitrogens is 1. The molecule has 2 saturated heterocycles. The fourth-order valence-electron chi connectivity index (χ4n) is 7.01. The lowest BCUT2D eigenvalue weighted by molar-refractivity contribution is -0.0518. The number of nitrogens with one attached hydrogen (secondary N) is 2. The molecule has 0 bridgehead atoms. The average Bonchev–Trinajstić information content (AvgIpc) is 3.98. The minimum Gasteiger partial charge on any atom is -0.394 e. The van der Waals surface area contributed by atoms with Crippen molar-refractivity contribution in [3.63, 3.8) is 0 Å². The number of anilines is 2. The second-order valence-corrected chi connectivity index (χ2v) is 14.0. The van der Waals surface area contributed by atoms with Crippen LogP contribution >= 0.6 is 0 Å². The Hall–Kier alpha value is -4.05. The van der Waals surface area contributed by atoms with E-state index in [1.165, 1.54) is 18.3 Å². The summed E-state index contributed by atoms with van der Waals surface area (Å²) < 4.78 is 16.7. The van der Waals surface area contributed by atoms with E-state index in [0.717, 1.165) is 25.7 Å². The maximum atomic E-state index is 13.0. The number of guanidine groups is 1. The Morgan fingerprint density at radius 1 is 0.820 bits per heavy atom. The summed E-state index contributed by atoms with van der Waals surface area (Å²) in [7, 11) is 0. The van der Waals surface area contributed by atoms with Crippen molar-refractivity contribution < 1.29 is 35.0 Å². The molecule has 0 amide bonds. The van der Waals surface area contributed by atoms with Crippen LogP contribution in [0, 0.1) is 23.7 Å². The van der Waals surface area contributed by atoms with Gasteiger partial charge >= 0.3 is 11.4 Å². The van der Waals surface area contributed by atoms with E-state index in [0.29, 0.717) is 30.6 Å². The van der Waals surface area contributed by atoms with Crippen LogP contribution in [0.15, 0.2) is 19.4 Å². The van der Waals surface area contributed by atoms with Crippen molar-refractivity contribution >= 4 is 28.9 Å². The zero-order valence-corrected chi connectivity index (χ0v) is 27.6. The molecule has 4 fully saturated rings. The molecular weight excluding hydrogens is 660 g/mol. The molecule has 3 aliphatic heterocycles. The third-order valence-corrected chi connectivity index (χ3v) is 10.4. The molecule has 20 nitrogen and oxygen atoms in total. The van der Waals surface area contributed by atoms with E-state index in [1.807, 2.05) is 0 Å². The summed E-state index contributed by atoms with van der Waals surface area (Å²) in [6, 6.07) is 0. The first kappa shape index (κ1) is 34.4. The van der Waals surface area contributed by atoms with Gasteiger partial charge < -0.3 is 51.8 Å². The summed E-state index contributed by atoms with van der Waals surface area (Å²) >= 11 is 0. The number of nitrogen functional groups attached to an aromatic ring is 1. The molecule has 0 aromatic carbocycles. The summed E-state index contributed by atoms with van der Waals surface area (Å²) in [4.78, 5) is 48.8. The van der Waals surface area contributed by atoms with Gasteiger partial charge in [-0.2, -0.15) is 4.98 Å². The molecule has 1 unspecified atom stereocenters. The number of imidazole rings is 2. The van der Waals surface area contributed by atoms with Crippen molar-refractivity contribution in [1.82, 2.24) is 28.2 Å². The van der Waals surface area contributed by atoms with Crippen molar-refractivity contribution in [2.24, 2.45) is 34.4 Å². The van der Waals surface area contributed by atoms with E-state index in [1.54, 1.807) is 13.8 Å². The van der Waals surface area contributed by atoms with Crippen molar-refractivity contribution in [3.05, 3.63) is 37.0 Å².